The Hall–Kier alpha value is -0.980. The highest BCUT2D eigenvalue weighted by molar-refractivity contribution is 5.22. The molecule has 3 saturated heterocycles. The molecule has 0 aromatic rings. The lowest BCUT2D eigenvalue weighted by Gasteiger charge is -2.72. The summed E-state index contributed by atoms with van der Waals surface area (Å²) in [6.07, 6.45) is -17.2. The van der Waals surface area contributed by atoms with Crippen LogP contribution in [0.2, 0.25) is 0 Å². The molecule has 0 amide bonds. The Morgan fingerprint density at radius 1 is 0.692 bits per heavy atom. The van der Waals surface area contributed by atoms with E-state index in [1.165, 1.54) is 0 Å². The van der Waals surface area contributed by atoms with Gasteiger partial charge in [0.1, 0.15) is 67.1 Å². The summed E-state index contributed by atoms with van der Waals surface area (Å²) in [5.74, 6) is -1.11. The van der Waals surface area contributed by atoms with Crippen LogP contribution in [0.25, 0.3) is 0 Å². The Morgan fingerprint density at radius 2 is 1.31 bits per heavy atom. The molecule has 0 aromatic carbocycles. The molecular formula is C47H80O18. The van der Waals surface area contributed by atoms with Crippen LogP contribution in [0.4, 0.5) is 0 Å². The fourth-order valence-electron chi connectivity index (χ4n) is 14.6. The molecule has 7 fully saturated rings. The summed E-state index contributed by atoms with van der Waals surface area (Å²) in [4.78, 5) is 0. The van der Waals surface area contributed by atoms with Gasteiger partial charge in [0.25, 0.3) is 0 Å². The molecule has 7 aliphatic rings. The fourth-order valence-corrected chi connectivity index (χ4v) is 14.6. The first-order valence-electron chi connectivity index (χ1n) is 23.9. The second-order valence-corrected chi connectivity index (χ2v) is 22.6. The van der Waals surface area contributed by atoms with E-state index in [0.29, 0.717) is 51.4 Å². The lowest BCUT2D eigenvalue weighted by atomic mass is 9.34. The number of aliphatic hydroxyl groups is 12. The second-order valence-electron chi connectivity index (χ2n) is 22.6. The lowest BCUT2D eigenvalue weighted by molar-refractivity contribution is -0.377. The molecule has 18 heteroatoms. The minimum absolute atomic E-state index is 0.0828. The van der Waals surface area contributed by atoms with Crippen molar-refractivity contribution in [2.75, 3.05) is 19.8 Å². The van der Waals surface area contributed by atoms with Crippen molar-refractivity contribution in [1.82, 2.24) is 0 Å². The van der Waals surface area contributed by atoms with E-state index in [2.05, 4.69) is 26.8 Å². The Kier molecular flexibility index (Phi) is 15.1. The highest BCUT2D eigenvalue weighted by Gasteiger charge is 2.74. The Morgan fingerprint density at radius 3 is 1.94 bits per heavy atom. The van der Waals surface area contributed by atoms with E-state index in [9.17, 15) is 61.3 Å². The minimum Gasteiger partial charge on any atom is -0.394 e. The van der Waals surface area contributed by atoms with Crippen molar-refractivity contribution in [3.8, 4) is 0 Å². The van der Waals surface area contributed by atoms with Gasteiger partial charge in [0.15, 0.2) is 18.9 Å². The topological polar surface area (TPSA) is 298 Å². The van der Waals surface area contributed by atoms with Crippen molar-refractivity contribution in [1.29, 1.82) is 0 Å². The van der Waals surface area contributed by atoms with Crippen LogP contribution in [0, 0.1) is 45.3 Å². The number of hydrogen-bond acceptors (Lipinski definition) is 18. The van der Waals surface area contributed by atoms with Gasteiger partial charge in [0, 0.05) is 0 Å². The van der Waals surface area contributed by atoms with Gasteiger partial charge in [-0.3, -0.25) is 0 Å². The minimum atomic E-state index is -1.73. The zero-order chi connectivity index (χ0) is 47.9. The van der Waals surface area contributed by atoms with Crippen molar-refractivity contribution in [2.24, 2.45) is 45.3 Å². The molecule has 0 spiro atoms. The van der Waals surface area contributed by atoms with E-state index in [0.717, 1.165) is 5.57 Å². The zero-order valence-electron chi connectivity index (χ0n) is 39.3. The molecule has 18 nitrogen and oxygen atoms in total. The maximum absolute atomic E-state index is 12.7. The van der Waals surface area contributed by atoms with Gasteiger partial charge in [-0.05, 0) is 117 Å². The van der Waals surface area contributed by atoms with Gasteiger partial charge in [-0.15, -0.1) is 0 Å². The zero-order valence-corrected chi connectivity index (χ0v) is 39.3. The molecule has 65 heavy (non-hydrogen) atoms. The van der Waals surface area contributed by atoms with Gasteiger partial charge < -0.3 is 89.7 Å². The highest BCUT2D eigenvalue weighted by atomic mass is 16.8. The molecule has 2 unspecified atom stereocenters. The molecule has 12 N–H and O–H groups in total. The van der Waals surface area contributed by atoms with Crippen molar-refractivity contribution in [3.63, 3.8) is 0 Å². The largest absolute Gasteiger partial charge is 0.394 e. The number of ether oxygens (including phenoxy) is 6. The first-order valence-corrected chi connectivity index (χ1v) is 23.9. The summed E-state index contributed by atoms with van der Waals surface area (Å²) in [5.41, 5.74) is -2.41. The van der Waals surface area contributed by atoms with Crippen LogP contribution in [-0.4, -0.2) is 191 Å². The van der Waals surface area contributed by atoms with Gasteiger partial charge >= 0.3 is 0 Å². The normalized spacial score (nSPS) is 53.0. The first kappa shape index (κ1) is 51.9. The smallest absolute Gasteiger partial charge is 0.187 e. The Balaban J connectivity index is 1.27. The van der Waals surface area contributed by atoms with Gasteiger partial charge in [-0.25, -0.2) is 0 Å². The monoisotopic (exact) mass is 933 g/mol. The highest BCUT2D eigenvalue weighted by Crippen LogP contribution is 2.76. The fraction of sp³-hybridized carbons (Fsp3) is 0.957. The molecule has 0 radical (unpaired) electrons. The van der Waals surface area contributed by atoms with Crippen LogP contribution in [-0.2, 0) is 28.4 Å². The maximum Gasteiger partial charge on any atom is 0.187 e. The van der Waals surface area contributed by atoms with Crippen LogP contribution in [0.1, 0.15) is 107 Å². The molecule has 4 aliphatic carbocycles. The van der Waals surface area contributed by atoms with E-state index in [-0.39, 0.29) is 30.3 Å². The Labute approximate surface area is 382 Å². The third kappa shape index (κ3) is 8.72. The second kappa shape index (κ2) is 19.0. The maximum atomic E-state index is 12.7. The number of aliphatic hydroxyl groups excluding tert-OH is 12. The third-order valence-electron chi connectivity index (χ3n) is 18.3. The number of fused-ring (bicyclic) bond motifs is 5. The first-order chi connectivity index (χ1) is 30.3. The molecule has 0 bridgehead atoms. The summed E-state index contributed by atoms with van der Waals surface area (Å²) in [6.45, 7) is 15.0. The van der Waals surface area contributed by atoms with Crippen LogP contribution in [0.5, 0.6) is 0 Å². The summed E-state index contributed by atoms with van der Waals surface area (Å²) < 4.78 is 37.7. The average molecular weight is 933 g/mol. The predicted molar refractivity (Wildman–Crippen MR) is 229 cm³/mol. The summed E-state index contributed by atoms with van der Waals surface area (Å²) >= 11 is 0. The molecular weight excluding hydrogens is 852 g/mol. The van der Waals surface area contributed by atoms with Crippen LogP contribution >= 0.6 is 0 Å². The van der Waals surface area contributed by atoms with E-state index in [1.54, 1.807) is 0 Å². The summed E-state index contributed by atoms with van der Waals surface area (Å²) in [6, 6.07) is 0. The van der Waals surface area contributed by atoms with Crippen molar-refractivity contribution >= 4 is 0 Å². The predicted octanol–water partition coefficient (Wildman–Crippen LogP) is -0.417. The SMILES string of the molecule is CC(C)=CCC[C@](C)(O[C@@H]1O[C@H](CO)[C@@H](O)[C@H](O)[C@H]1O)[C@H]1CC[C@@]2(C)[C@H]1[C@@H](O)CC1[C@@]3(C)CC[C@@H](O)C(C)(C)C3[C@H](O[C@@H]3O[C@H](CO)[C@@H](O)[C@H](O)[C@H]3O[C@@H]3OC[C@@H](O)[C@H](O)[C@H]3O)C[C@]12C. The lowest BCUT2D eigenvalue weighted by Crippen LogP contribution is -2.71. The third-order valence-corrected chi connectivity index (χ3v) is 18.3. The average Bonchev–Trinajstić information content (AvgIpc) is 3.63. The molecule has 25 atom stereocenters. The van der Waals surface area contributed by atoms with Crippen LogP contribution < -0.4 is 0 Å². The molecule has 0 aromatic heterocycles. The van der Waals surface area contributed by atoms with Gasteiger partial charge in [-0.1, -0.05) is 46.3 Å². The van der Waals surface area contributed by atoms with Crippen molar-refractivity contribution < 1.29 is 89.7 Å². The molecule has 4 saturated carbocycles. The quantitative estimate of drug-likeness (QED) is 0.0874. The Bertz CT molecular complexity index is 1660. The number of rotatable bonds is 12. The molecule has 3 heterocycles. The van der Waals surface area contributed by atoms with E-state index in [4.69, 9.17) is 28.4 Å². The van der Waals surface area contributed by atoms with Gasteiger partial charge in [-0.2, -0.15) is 0 Å². The van der Waals surface area contributed by atoms with E-state index >= 15 is 0 Å². The van der Waals surface area contributed by atoms with Gasteiger partial charge in [0.2, 0.25) is 0 Å². The number of hydrogen-bond donors (Lipinski definition) is 12. The van der Waals surface area contributed by atoms with Crippen molar-refractivity contribution in [3.05, 3.63) is 11.6 Å². The number of allylic oxidation sites excluding steroid dienone is 2. The summed E-state index contributed by atoms with van der Waals surface area (Å²) in [5, 5.41) is 131. The van der Waals surface area contributed by atoms with Crippen LogP contribution in [0.3, 0.4) is 0 Å². The molecule has 376 valence electrons. The summed E-state index contributed by atoms with van der Waals surface area (Å²) in [7, 11) is 0. The molecule has 7 rings (SSSR count). The van der Waals surface area contributed by atoms with Crippen molar-refractivity contribution in [2.45, 2.75) is 217 Å². The molecule has 3 aliphatic heterocycles. The van der Waals surface area contributed by atoms with E-state index in [1.807, 2.05) is 34.6 Å². The van der Waals surface area contributed by atoms with Gasteiger partial charge in [0.05, 0.1) is 43.7 Å². The van der Waals surface area contributed by atoms with Crippen LogP contribution in [0.15, 0.2) is 11.6 Å². The standard InChI is InChI=1S/C47H80O18/c1-21(2)10-9-13-47(8,65-41-37(59)34(56)32(54)26(18-48)62-41)22-11-15-45(6)30(22)23(50)16-28-44(5)14-12-29(52)43(3,4)39(44)25(17-46(28,45)7)61-42-38(35(57)33(55)27(19-49)63-42)64-40-36(58)31(53)24(51)20-60-40/h10,22-42,48-59H,9,11-20H2,1-8H3/t22-,23-,24+,25+,26+,27+,28?,29+,30+,31-,32+,33+,34-,35-,36+,37+,38+,39?,40-,41-,42+,44+,45-,46+,47-/m0/s1. The van der Waals surface area contributed by atoms with E-state index < -0.39 is 145 Å².